The number of rotatable bonds is 3. The van der Waals surface area contributed by atoms with Gasteiger partial charge in [0.2, 0.25) is 0 Å². The standard InChI is InChI=1S/C10H17N3O2/c1-5(2)8-11-9(6(3)14)13-10(12-8)7(4)15/h5-7,14-15H,1-4H3. The van der Waals surface area contributed by atoms with E-state index in [2.05, 4.69) is 15.0 Å². The first kappa shape index (κ1) is 12.0. The molecule has 1 rings (SSSR count). The molecule has 5 nitrogen and oxygen atoms in total. The molecule has 0 bridgehead atoms. The van der Waals surface area contributed by atoms with Crippen molar-refractivity contribution in [2.45, 2.75) is 45.8 Å². The SMILES string of the molecule is CC(C)c1nc(C(C)O)nc(C(C)O)n1. The summed E-state index contributed by atoms with van der Waals surface area (Å²) in [5.41, 5.74) is 0. The van der Waals surface area contributed by atoms with Crippen LogP contribution in [0.4, 0.5) is 0 Å². The minimum atomic E-state index is -0.747. The lowest BCUT2D eigenvalue weighted by Crippen LogP contribution is -2.12. The second-order valence-corrected chi connectivity index (χ2v) is 3.92. The minimum absolute atomic E-state index is 0.142. The average molecular weight is 211 g/mol. The van der Waals surface area contributed by atoms with Gasteiger partial charge in [0.1, 0.15) is 18.0 Å². The van der Waals surface area contributed by atoms with Gasteiger partial charge in [0.15, 0.2) is 11.6 Å². The van der Waals surface area contributed by atoms with E-state index in [1.54, 1.807) is 13.8 Å². The van der Waals surface area contributed by atoms with Crippen molar-refractivity contribution in [3.8, 4) is 0 Å². The fourth-order valence-corrected chi connectivity index (χ4v) is 1.06. The highest BCUT2D eigenvalue weighted by Crippen LogP contribution is 2.15. The van der Waals surface area contributed by atoms with E-state index in [4.69, 9.17) is 0 Å². The van der Waals surface area contributed by atoms with Gasteiger partial charge in [-0.15, -0.1) is 0 Å². The molecule has 0 spiro atoms. The Morgan fingerprint density at radius 2 is 1.07 bits per heavy atom. The molecule has 2 unspecified atom stereocenters. The molecule has 84 valence electrons. The zero-order valence-corrected chi connectivity index (χ0v) is 9.47. The van der Waals surface area contributed by atoms with E-state index in [1.807, 2.05) is 13.8 Å². The van der Waals surface area contributed by atoms with Gasteiger partial charge in [-0.1, -0.05) is 13.8 Å². The van der Waals surface area contributed by atoms with Crippen LogP contribution in [0.5, 0.6) is 0 Å². The maximum absolute atomic E-state index is 9.40. The molecule has 0 saturated carbocycles. The fourth-order valence-electron chi connectivity index (χ4n) is 1.06. The highest BCUT2D eigenvalue weighted by atomic mass is 16.3. The summed E-state index contributed by atoms with van der Waals surface area (Å²) in [5.74, 6) is 1.36. The van der Waals surface area contributed by atoms with Crippen molar-refractivity contribution < 1.29 is 10.2 Å². The third-order valence-corrected chi connectivity index (χ3v) is 1.95. The molecule has 1 aromatic rings. The zero-order valence-electron chi connectivity index (χ0n) is 9.47. The number of nitrogens with zero attached hydrogens (tertiary/aromatic N) is 3. The molecule has 2 atom stereocenters. The van der Waals surface area contributed by atoms with Crippen LogP contribution in [0.15, 0.2) is 0 Å². The Kier molecular flexibility index (Phi) is 3.71. The van der Waals surface area contributed by atoms with Crippen molar-refractivity contribution in [3.63, 3.8) is 0 Å². The van der Waals surface area contributed by atoms with Gasteiger partial charge in [-0.3, -0.25) is 0 Å². The molecule has 0 aliphatic carbocycles. The minimum Gasteiger partial charge on any atom is -0.385 e. The second kappa shape index (κ2) is 4.63. The van der Waals surface area contributed by atoms with Crippen LogP contribution < -0.4 is 0 Å². The Morgan fingerprint density at radius 3 is 1.33 bits per heavy atom. The Bertz CT molecular complexity index is 273. The van der Waals surface area contributed by atoms with Gasteiger partial charge in [0, 0.05) is 5.92 Å². The van der Waals surface area contributed by atoms with Crippen LogP contribution in [0.3, 0.4) is 0 Å². The quantitative estimate of drug-likeness (QED) is 0.782. The van der Waals surface area contributed by atoms with Gasteiger partial charge in [-0.2, -0.15) is 0 Å². The van der Waals surface area contributed by atoms with Crippen molar-refractivity contribution in [2.24, 2.45) is 0 Å². The predicted octanol–water partition coefficient (Wildman–Crippen LogP) is 1.10. The molecule has 1 aromatic heterocycles. The molecule has 15 heavy (non-hydrogen) atoms. The van der Waals surface area contributed by atoms with Crippen LogP contribution in [-0.2, 0) is 0 Å². The highest BCUT2D eigenvalue weighted by molar-refractivity contribution is 5.03. The summed E-state index contributed by atoms with van der Waals surface area (Å²) in [5, 5.41) is 18.8. The Hall–Kier alpha value is -1.07. The average Bonchev–Trinajstić information content (AvgIpc) is 2.16. The molecule has 0 aliphatic heterocycles. The molecular formula is C10H17N3O2. The first-order chi connectivity index (χ1) is 6.91. The molecular weight excluding hydrogens is 194 g/mol. The van der Waals surface area contributed by atoms with Crippen LogP contribution in [0, 0.1) is 0 Å². The van der Waals surface area contributed by atoms with Crippen molar-refractivity contribution in [1.29, 1.82) is 0 Å². The Morgan fingerprint density at radius 1 is 0.733 bits per heavy atom. The van der Waals surface area contributed by atoms with Crippen LogP contribution in [0.2, 0.25) is 0 Å². The third-order valence-electron chi connectivity index (χ3n) is 1.95. The lowest BCUT2D eigenvalue weighted by Gasteiger charge is -2.11. The molecule has 0 amide bonds. The molecule has 0 aliphatic rings. The number of hydrogen-bond acceptors (Lipinski definition) is 5. The van der Waals surface area contributed by atoms with Crippen molar-refractivity contribution >= 4 is 0 Å². The number of aliphatic hydroxyl groups excluding tert-OH is 2. The van der Waals surface area contributed by atoms with E-state index in [0.29, 0.717) is 17.5 Å². The lowest BCUT2D eigenvalue weighted by atomic mass is 10.2. The van der Waals surface area contributed by atoms with Gasteiger partial charge in [0.05, 0.1) is 0 Å². The van der Waals surface area contributed by atoms with E-state index >= 15 is 0 Å². The summed E-state index contributed by atoms with van der Waals surface area (Å²) in [4.78, 5) is 12.3. The maximum Gasteiger partial charge on any atom is 0.160 e. The largest absolute Gasteiger partial charge is 0.385 e. The molecule has 2 N–H and O–H groups in total. The van der Waals surface area contributed by atoms with Crippen molar-refractivity contribution in [2.75, 3.05) is 0 Å². The first-order valence-electron chi connectivity index (χ1n) is 5.03. The van der Waals surface area contributed by atoms with Gasteiger partial charge >= 0.3 is 0 Å². The van der Waals surface area contributed by atoms with Crippen LogP contribution in [0.1, 0.15) is 63.3 Å². The smallest absolute Gasteiger partial charge is 0.160 e. The van der Waals surface area contributed by atoms with E-state index in [-0.39, 0.29) is 5.92 Å². The Labute approximate surface area is 89.2 Å². The number of aromatic nitrogens is 3. The van der Waals surface area contributed by atoms with E-state index in [0.717, 1.165) is 0 Å². The Balaban J connectivity index is 3.20. The summed E-state index contributed by atoms with van der Waals surface area (Å²) < 4.78 is 0. The fraction of sp³-hybridized carbons (Fsp3) is 0.700. The van der Waals surface area contributed by atoms with Gasteiger partial charge < -0.3 is 10.2 Å². The predicted molar refractivity (Wildman–Crippen MR) is 55.2 cm³/mol. The first-order valence-corrected chi connectivity index (χ1v) is 5.03. The highest BCUT2D eigenvalue weighted by Gasteiger charge is 2.14. The van der Waals surface area contributed by atoms with Crippen LogP contribution in [-0.4, -0.2) is 25.2 Å². The molecule has 0 aromatic carbocycles. The summed E-state index contributed by atoms with van der Waals surface area (Å²) in [6, 6.07) is 0. The summed E-state index contributed by atoms with van der Waals surface area (Å²) >= 11 is 0. The van der Waals surface area contributed by atoms with E-state index in [9.17, 15) is 10.2 Å². The normalized spacial score (nSPS) is 15.4. The van der Waals surface area contributed by atoms with Crippen molar-refractivity contribution in [1.82, 2.24) is 15.0 Å². The number of aliphatic hydroxyl groups is 2. The maximum atomic E-state index is 9.40. The number of hydrogen-bond donors (Lipinski definition) is 2. The van der Waals surface area contributed by atoms with E-state index in [1.165, 1.54) is 0 Å². The topological polar surface area (TPSA) is 79.1 Å². The lowest BCUT2D eigenvalue weighted by molar-refractivity contribution is 0.173. The second-order valence-electron chi connectivity index (χ2n) is 3.92. The molecule has 1 heterocycles. The van der Waals surface area contributed by atoms with E-state index < -0.39 is 12.2 Å². The molecule has 0 radical (unpaired) electrons. The zero-order chi connectivity index (χ0) is 11.6. The monoisotopic (exact) mass is 211 g/mol. The molecule has 0 saturated heterocycles. The summed E-state index contributed by atoms with van der Waals surface area (Å²) in [7, 11) is 0. The summed E-state index contributed by atoms with van der Waals surface area (Å²) in [6.07, 6.45) is -1.49. The summed E-state index contributed by atoms with van der Waals surface area (Å²) in [6.45, 7) is 7.08. The molecule has 0 fully saturated rings. The van der Waals surface area contributed by atoms with Gasteiger partial charge in [0.25, 0.3) is 0 Å². The van der Waals surface area contributed by atoms with Crippen LogP contribution >= 0.6 is 0 Å². The van der Waals surface area contributed by atoms with Gasteiger partial charge in [-0.05, 0) is 13.8 Å². The van der Waals surface area contributed by atoms with Crippen molar-refractivity contribution in [3.05, 3.63) is 17.5 Å². The molecule has 5 heteroatoms. The van der Waals surface area contributed by atoms with Gasteiger partial charge in [-0.25, -0.2) is 15.0 Å². The van der Waals surface area contributed by atoms with Crippen LogP contribution in [0.25, 0.3) is 0 Å². The third kappa shape index (κ3) is 2.94.